The number of carbonyl (C=O) groups is 2. The van der Waals surface area contributed by atoms with E-state index < -0.39 is 12.0 Å². The highest BCUT2D eigenvalue weighted by Gasteiger charge is 2.34. The number of fused-ring (bicyclic) bond motifs is 1. The molecule has 32 heavy (non-hydrogen) atoms. The maximum Gasteiger partial charge on any atom is 0.329 e. The van der Waals surface area contributed by atoms with Crippen LogP contribution < -0.4 is 9.64 Å². The molecule has 0 bridgehead atoms. The number of amides is 1. The summed E-state index contributed by atoms with van der Waals surface area (Å²) in [7, 11) is 1.66. The largest absolute Gasteiger partial charge is 0.482 e. The molecule has 1 aliphatic rings. The SMILES string of the molecule is COCCc1nc(-c2ccc3c(c2)N(C(C)C(=O)OCc2ccccc2)C(=O)CO3)cs1. The maximum atomic E-state index is 12.8. The average molecular weight is 453 g/mol. The van der Waals surface area contributed by atoms with Gasteiger partial charge >= 0.3 is 5.97 Å². The summed E-state index contributed by atoms with van der Waals surface area (Å²) in [6.45, 7) is 2.30. The van der Waals surface area contributed by atoms with E-state index in [2.05, 4.69) is 4.98 Å². The molecule has 1 atom stereocenters. The van der Waals surface area contributed by atoms with Gasteiger partial charge in [0, 0.05) is 24.5 Å². The number of anilines is 1. The van der Waals surface area contributed by atoms with Crippen molar-refractivity contribution in [1.82, 2.24) is 4.98 Å². The molecule has 8 heteroatoms. The first-order valence-corrected chi connectivity index (χ1v) is 11.2. The van der Waals surface area contributed by atoms with Crippen molar-refractivity contribution in [1.29, 1.82) is 0 Å². The van der Waals surface area contributed by atoms with Gasteiger partial charge in [-0.15, -0.1) is 11.3 Å². The predicted molar refractivity (Wildman–Crippen MR) is 122 cm³/mol. The molecule has 0 aliphatic carbocycles. The number of benzene rings is 2. The van der Waals surface area contributed by atoms with Crippen LogP contribution in [0.15, 0.2) is 53.9 Å². The van der Waals surface area contributed by atoms with Gasteiger partial charge in [-0.1, -0.05) is 30.3 Å². The van der Waals surface area contributed by atoms with Crippen LogP contribution >= 0.6 is 11.3 Å². The number of nitrogens with zero attached hydrogens (tertiary/aromatic N) is 2. The van der Waals surface area contributed by atoms with Crippen LogP contribution in [0.4, 0.5) is 5.69 Å². The zero-order chi connectivity index (χ0) is 22.5. The highest BCUT2D eigenvalue weighted by atomic mass is 32.1. The number of ether oxygens (including phenoxy) is 3. The van der Waals surface area contributed by atoms with Gasteiger partial charge in [0.15, 0.2) is 6.61 Å². The van der Waals surface area contributed by atoms with E-state index in [1.807, 2.05) is 47.8 Å². The molecule has 4 rings (SSSR count). The smallest absolute Gasteiger partial charge is 0.329 e. The van der Waals surface area contributed by atoms with Crippen molar-refractivity contribution < 1.29 is 23.8 Å². The summed E-state index contributed by atoms with van der Waals surface area (Å²) < 4.78 is 16.2. The summed E-state index contributed by atoms with van der Waals surface area (Å²) >= 11 is 1.56. The Morgan fingerprint density at radius 1 is 1.25 bits per heavy atom. The highest BCUT2D eigenvalue weighted by molar-refractivity contribution is 7.09. The Bertz CT molecular complexity index is 1100. The van der Waals surface area contributed by atoms with Crippen LogP contribution in [0.1, 0.15) is 17.5 Å². The molecule has 1 aliphatic heterocycles. The molecule has 0 spiro atoms. The fourth-order valence-corrected chi connectivity index (χ4v) is 4.25. The summed E-state index contributed by atoms with van der Waals surface area (Å²) in [5, 5.41) is 2.95. The summed E-state index contributed by atoms with van der Waals surface area (Å²) in [6, 6.07) is 14.2. The first kappa shape index (κ1) is 22.0. The molecular weight excluding hydrogens is 428 g/mol. The Balaban J connectivity index is 1.55. The second-order valence-electron chi connectivity index (χ2n) is 7.37. The number of carbonyl (C=O) groups excluding carboxylic acids is 2. The molecule has 2 aromatic carbocycles. The first-order valence-electron chi connectivity index (χ1n) is 10.3. The Hall–Kier alpha value is -3.23. The Kier molecular flexibility index (Phi) is 6.82. The monoisotopic (exact) mass is 452 g/mol. The quantitative estimate of drug-likeness (QED) is 0.483. The van der Waals surface area contributed by atoms with Crippen molar-refractivity contribution in [3.05, 3.63) is 64.5 Å². The van der Waals surface area contributed by atoms with Gasteiger partial charge in [0.2, 0.25) is 0 Å². The third kappa shape index (κ3) is 4.81. The van der Waals surface area contributed by atoms with Crippen molar-refractivity contribution in [2.75, 3.05) is 25.2 Å². The zero-order valence-electron chi connectivity index (χ0n) is 17.9. The van der Waals surface area contributed by atoms with Crippen molar-refractivity contribution >= 4 is 28.9 Å². The molecule has 0 saturated heterocycles. The van der Waals surface area contributed by atoms with Gasteiger partial charge in [-0.05, 0) is 30.7 Å². The standard InChI is InChI=1S/C24H24N2O5S/c1-16(24(28)31-13-17-6-4-3-5-7-17)26-20-12-18(8-9-21(20)30-14-23(26)27)19-15-32-22(25-19)10-11-29-2/h3-9,12,15-16H,10-11,13-14H2,1-2H3. The second kappa shape index (κ2) is 9.93. The minimum atomic E-state index is -0.795. The molecule has 1 amide bonds. The van der Waals surface area contributed by atoms with Gasteiger partial charge < -0.3 is 14.2 Å². The van der Waals surface area contributed by atoms with E-state index >= 15 is 0 Å². The van der Waals surface area contributed by atoms with Gasteiger partial charge in [-0.2, -0.15) is 0 Å². The fourth-order valence-electron chi connectivity index (χ4n) is 3.46. The van der Waals surface area contributed by atoms with Crippen LogP contribution in [0.3, 0.4) is 0 Å². The molecule has 3 aromatic rings. The third-order valence-electron chi connectivity index (χ3n) is 5.16. The molecule has 0 N–H and O–H groups in total. The van der Waals surface area contributed by atoms with Crippen LogP contribution in [0.25, 0.3) is 11.3 Å². The van der Waals surface area contributed by atoms with E-state index in [4.69, 9.17) is 14.2 Å². The summed E-state index contributed by atoms with van der Waals surface area (Å²) in [5.74, 6) is -0.222. The summed E-state index contributed by atoms with van der Waals surface area (Å²) in [6.07, 6.45) is 0.740. The molecule has 166 valence electrons. The molecule has 1 aromatic heterocycles. The lowest BCUT2D eigenvalue weighted by molar-refractivity contribution is -0.147. The van der Waals surface area contributed by atoms with Gasteiger partial charge in [0.05, 0.1) is 23.0 Å². The Labute approximate surface area is 190 Å². The van der Waals surface area contributed by atoms with E-state index in [1.54, 1.807) is 31.4 Å². The topological polar surface area (TPSA) is 78.0 Å². The van der Waals surface area contributed by atoms with Crippen LogP contribution in [0, 0.1) is 0 Å². The predicted octanol–water partition coefficient (Wildman–Crippen LogP) is 3.86. The van der Waals surface area contributed by atoms with Crippen LogP contribution in [-0.2, 0) is 32.1 Å². The Morgan fingerprint density at radius 2 is 2.06 bits per heavy atom. The molecule has 0 saturated carbocycles. The van der Waals surface area contributed by atoms with Crippen molar-refractivity contribution in [2.24, 2.45) is 0 Å². The van der Waals surface area contributed by atoms with Gasteiger partial charge in [0.1, 0.15) is 18.4 Å². The van der Waals surface area contributed by atoms with Gasteiger partial charge in [0.25, 0.3) is 5.91 Å². The fraction of sp³-hybridized carbons (Fsp3) is 0.292. The molecule has 2 heterocycles. The third-order valence-corrected chi connectivity index (χ3v) is 6.07. The lowest BCUT2D eigenvalue weighted by Crippen LogP contribution is -2.48. The van der Waals surface area contributed by atoms with Crippen LogP contribution in [0.5, 0.6) is 5.75 Å². The zero-order valence-corrected chi connectivity index (χ0v) is 18.8. The van der Waals surface area contributed by atoms with E-state index in [0.717, 1.165) is 28.2 Å². The Morgan fingerprint density at radius 3 is 2.84 bits per heavy atom. The summed E-state index contributed by atoms with van der Waals surface area (Å²) in [5.41, 5.74) is 3.07. The normalized spacial score (nSPS) is 13.9. The van der Waals surface area contributed by atoms with Gasteiger partial charge in [-0.25, -0.2) is 9.78 Å². The van der Waals surface area contributed by atoms with Crippen molar-refractivity contribution in [2.45, 2.75) is 26.0 Å². The minimum Gasteiger partial charge on any atom is -0.482 e. The molecule has 0 fully saturated rings. The number of hydrogen-bond acceptors (Lipinski definition) is 7. The molecule has 7 nitrogen and oxygen atoms in total. The number of esters is 1. The van der Waals surface area contributed by atoms with E-state index in [0.29, 0.717) is 18.0 Å². The number of methoxy groups -OCH3 is 1. The van der Waals surface area contributed by atoms with Crippen LogP contribution in [0.2, 0.25) is 0 Å². The van der Waals surface area contributed by atoms with E-state index in [1.165, 1.54) is 4.90 Å². The first-order chi connectivity index (χ1) is 15.6. The van der Waals surface area contributed by atoms with Crippen molar-refractivity contribution in [3.8, 4) is 17.0 Å². The number of rotatable bonds is 8. The molecular formula is C24H24N2O5S. The number of aromatic nitrogens is 1. The van der Waals surface area contributed by atoms with Crippen LogP contribution in [-0.4, -0.2) is 43.2 Å². The van der Waals surface area contributed by atoms with E-state index in [-0.39, 0.29) is 19.1 Å². The minimum absolute atomic E-state index is 0.124. The lowest BCUT2D eigenvalue weighted by Gasteiger charge is -2.33. The van der Waals surface area contributed by atoms with Gasteiger partial charge in [-0.3, -0.25) is 9.69 Å². The van der Waals surface area contributed by atoms with Crippen molar-refractivity contribution in [3.63, 3.8) is 0 Å². The van der Waals surface area contributed by atoms with E-state index in [9.17, 15) is 9.59 Å². The maximum absolute atomic E-state index is 12.8. The number of thiazole rings is 1. The highest BCUT2D eigenvalue weighted by Crippen LogP contribution is 2.37. The second-order valence-corrected chi connectivity index (χ2v) is 8.32. The molecule has 1 unspecified atom stereocenters. The summed E-state index contributed by atoms with van der Waals surface area (Å²) in [4.78, 5) is 31.6. The molecule has 0 radical (unpaired) electrons. The lowest BCUT2D eigenvalue weighted by atomic mass is 10.1. The number of hydrogen-bond donors (Lipinski definition) is 0. The average Bonchev–Trinajstić information content (AvgIpc) is 3.30.